The number of para-hydroxylation sites is 1. The summed E-state index contributed by atoms with van der Waals surface area (Å²) < 4.78 is 128. The zero-order valence-corrected chi connectivity index (χ0v) is 30.3. The van der Waals surface area contributed by atoms with E-state index in [0.29, 0.717) is 39.1 Å². The van der Waals surface area contributed by atoms with Crippen LogP contribution < -0.4 is 20.7 Å². The number of rotatable bonds is 8. The molecule has 5 aromatic rings. The Labute approximate surface area is 341 Å². The van der Waals surface area contributed by atoms with Gasteiger partial charge < -0.3 is 15.4 Å². The number of carbonyl (C=O) groups excluding carboxylic acids is 4. The summed E-state index contributed by atoms with van der Waals surface area (Å²) in [7, 11) is 0. The SMILES string of the molecule is [2H]C1([2H])N(CC2CCC(n3nc(-c4ccc(Oc5ccccc5)cc4)c4c(N)ncnc43)C(F)C2)C([2H])([2H])C([2H])([2H])N(c2c(F)cc3c(c2F)C(=O)N(C2CCC(=O)NC2=O)C3=O)C1([2H])[2H]. The molecule has 2 saturated heterocycles. The highest BCUT2D eigenvalue weighted by Crippen LogP contribution is 2.41. The van der Waals surface area contributed by atoms with E-state index in [2.05, 4.69) is 9.97 Å². The molecule has 4 unspecified atom stereocenters. The van der Waals surface area contributed by atoms with Gasteiger partial charge in [0.1, 0.15) is 53.1 Å². The van der Waals surface area contributed by atoms with Crippen LogP contribution in [0.2, 0.25) is 0 Å². The Hall–Kier alpha value is -6.36. The van der Waals surface area contributed by atoms with Crippen molar-refractivity contribution in [3.8, 4) is 22.8 Å². The van der Waals surface area contributed by atoms with Gasteiger partial charge in [0.25, 0.3) is 11.8 Å². The molecule has 14 nitrogen and oxygen atoms in total. The number of nitrogens with two attached hydrogens (primary N) is 1. The van der Waals surface area contributed by atoms with Crippen LogP contribution in [-0.4, -0.2) is 97.9 Å². The largest absolute Gasteiger partial charge is 0.457 e. The molecule has 2 aromatic heterocycles. The maximum Gasteiger partial charge on any atom is 0.265 e. The molecule has 1 aliphatic carbocycles. The zero-order valence-electron chi connectivity index (χ0n) is 38.3. The average molecular weight is 802 g/mol. The first-order valence-electron chi connectivity index (χ1n) is 22.4. The van der Waals surface area contributed by atoms with Crippen LogP contribution in [-0.2, 0) is 9.59 Å². The molecule has 1 saturated carbocycles. The fourth-order valence-electron chi connectivity index (χ4n) is 7.84. The highest BCUT2D eigenvalue weighted by Gasteiger charge is 2.47. The van der Waals surface area contributed by atoms with Crippen molar-refractivity contribution in [2.75, 3.05) is 43.2 Å². The second kappa shape index (κ2) is 14.9. The Kier molecular flexibility index (Phi) is 7.42. The number of imide groups is 2. The van der Waals surface area contributed by atoms with Crippen LogP contribution in [0, 0.1) is 17.6 Å². The molecule has 298 valence electrons. The molecule has 0 bridgehead atoms. The summed E-state index contributed by atoms with van der Waals surface area (Å²) in [6, 6.07) is 13.8. The van der Waals surface area contributed by atoms with Crippen molar-refractivity contribution in [2.45, 2.75) is 50.4 Å². The number of carbonyl (C=O) groups is 4. The van der Waals surface area contributed by atoms with Crippen molar-refractivity contribution in [3.05, 3.63) is 89.8 Å². The second-order valence-electron chi connectivity index (χ2n) is 14.2. The molecule has 58 heavy (non-hydrogen) atoms. The molecular formula is C41H38F3N9O5. The maximum absolute atomic E-state index is 16.6. The number of nitrogens with one attached hydrogen (secondary N) is 1. The number of amides is 4. The maximum atomic E-state index is 16.6. The van der Waals surface area contributed by atoms with E-state index in [1.807, 2.05) is 23.5 Å². The fourth-order valence-corrected chi connectivity index (χ4v) is 7.84. The van der Waals surface area contributed by atoms with Crippen LogP contribution in [0.4, 0.5) is 24.7 Å². The summed E-state index contributed by atoms with van der Waals surface area (Å²) in [6.45, 7) is -15.7. The lowest BCUT2D eigenvalue weighted by molar-refractivity contribution is -0.136. The lowest BCUT2D eigenvalue weighted by Crippen LogP contribution is -2.54. The minimum Gasteiger partial charge on any atom is -0.457 e. The van der Waals surface area contributed by atoms with E-state index in [-0.39, 0.29) is 48.5 Å². The molecule has 5 heterocycles. The first kappa shape index (κ1) is 28.9. The zero-order chi connectivity index (χ0) is 47.4. The predicted molar refractivity (Wildman–Crippen MR) is 205 cm³/mol. The number of ether oxygens (including phenoxy) is 1. The molecular weight excluding hydrogens is 756 g/mol. The number of aromatic nitrogens is 4. The highest BCUT2D eigenvalue weighted by molar-refractivity contribution is 6.24. The quantitative estimate of drug-likeness (QED) is 0.202. The molecule has 9 rings (SSSR count). The molecule has 0 radical (unpaired) electrons. The number of hydrogen-bond donors (Lipinski definition) is 2. The number of piperazine rings is 1. The van der Waals surface area contributed by atoms with Gasteiger partial charge in [0.05, 0.1) is 28.0 Å². The van der Waals surface area contributed by atoms with Crippen molar-refractivity contribution in [1.29, 1.82) is 0 Å². The average Bonchev–Trinajstić information content (AvgIpc) is 3.76. The van der Waals surface area contributed by atoms with Crippen molar-refractivity contribution < 1.29 is 48.1 Å². The van der Waals surface area contributed by atoms with E-state index in [0.717, 1.165) is 0 Å². The fraction of sp³-hybridized carbons (Fsp3) is 0.341. The molecule has 17 heteroatoms. The predicted octanol–water partition coefficient (Wildman–Crippen LogP) is 5.05. The number of nitrogen functional groups attached to an aromatic ring is 1. The first-order valence-corrected chi connectivity index (χ1v) is 18.4. The van der Waals surface area contributed by atoms with Crippen LogP contribution in [0.5, 0.6) is 11.5 Å². The van der Waals surface area contributed by atoms with Gasteiger partial charge in [-0.05, 0) is 74.1 Å². The molecule has 4 atom stereocenters. The molecule has 3 fully saturated rings. The lowest BCUT2D eigenvalue weighted by atomic mass is 9.84. The number of fused-ring (bicyclic) bond motifs is 2. The molecule has 4 amide bonds. The van der Waals surface area contributed by atoms with Gasteiger partial charge in [-0.15, -0.1) is 0 Å². The van der Waals surface area contributed by atoms with E-state index in [1.165, 1.54) is 11.0 Å². The molecule has 0 spiro atoms. The van der Waals surface area contributed by atoms with Crippen molar-refractivity contribution in [1.82, 2.24) is 34.9 Å². The third kappa shape index (κ3) is 6.58. The third-order valence-electron chi connectivity index (χ3n) is 10.6. The van der Waals surface area contributed by atoms with E-state index in [9.17, 15) is 19.2 Å². The van der Waals surface area contributed by atoms with E-state index < -0.39 is 114 Å². The van der Waals surface area contributed by atoms with Gasteiger partial charge in [0.15, 0.2) is 11.5 Å². The van der Waals surface area contributed by atoms with Crippen LogP contribution in [0.15, 0.2) is 67.0 Å². The summed E-state index contributed by atoms with van der Waals surface area (Å²) in [5.74, 6) is -8.16. The van der Waals surface area contributed by atoms with Crippen molar-refractivity contribution >= 4 is 46.2 Å². The summed E-state index contributed by atoms with van der Waals surface area (Å²) in [6.07, 6.45) is -1.45. The van der Waals surface area contributed by atoms with Gasteiger partial charge >= 0.3 is 0 Å². The van der Waals surface area contributed by atoms with Crippen LogP contribution in [0.1, 0.15) is 69.8 Å². The molecule has 4 aliphatic rings. The number of halogens is 3. The first-order chi connectivity index (χ1) is 31.1. The smallest absolute Gasteiger partial charge is 0.265 e. The Morgan fingerprint density at radius 3 is 2.38 bits per heavy atom. The summed E-state index contributed by atoms with van der Waals surface area (Å²) in [5, 5.41) is 7.03. The number of nitrogens with zero attached hydrogens (tertiary/aromatic N) is 7. The molecule has 3 N–H and O–H groups in total. The number of benzene rings is 3. The highest BCUT2D eigenvalue weighted by atomic mass is 19.1. The molecule has 3 aromatic carbocycles. The second-order valence-corrected chi connectivity index (χ2v) is 14.2. The monoisotopic (exact) mass is 801 g/mol. The van der Waals surface area contributed by atoms with Gasteiger partial charge in [-0.1, -0.05) is 18.2 Å². The lowest BCUT2D eigenvalue weighted by Gasteiger charge is -2.39. The van der Waals surface area contributed by atoms with Crippen molar-refractivity contribution in [2.24, 2.45) is 5.92 Å². The van der Waals surface area contributed by atoms with Crippen LogP contribution in [0.3, 0.4) is 0 Å². The standard InChI is InChI=1S/C41H38F3N9O5/c42-27-18-22(6-11-29(27)53-38-33(37(45)46-21-47-38)35(49-53)23-7-9-25(10-8-23)58-24-4-2-1-3-5-24)20-50-14-16-51(17-15-50)36-28(43)19-26-32(34(36)44)41(57)52(40(26)56)30-12-13-31(54)48-39(30)55/h1-5,7-10,19,21-22,27,29-30H,6,11-18,20H2,(H2,45,46,47)(H,48,54,55)/i14D2,15D2,16D2,17D2. The van der Waals surface area contributed by atoms with Crippen LogP contribution in [0.25, 0.3) is 22.3 Å². The summed E-state index contributed by atoms with van der Waals surface area (Å²) in [4.78, 5) is 59.7. The van der Waals surface area contributed by atoms with Gasteiger partial charge in [0, 0.05) is 50.0 Å². The summed E-state index contributed by atoms with van der Waals surface area (Å²) in [5.41, 5.74) is 3.67. The minimum atomic E-state index is -3.84. The number of hydrogen-bond acceptors (Lipinski definition) is 11. The van der Waals surface area contributed by atoms with Crippen LogP contribution >= 0.6 is 0 Å². The summed E-state index contributed by atoms with van der Waals surface area (Å²) >= 11 is 0. The van der Waals surface area contributed by atoms with E-state index in [4.69, 9.17) is 26.5 Å². The topological polar surface area (TPSA) is 169 Å². The van der Waals surface area contributed by atoms with Gasteiger partial charge in [0.2, 0.25) is 11.8 Å². The number of anilines is 2. The Balaban J connectivity index is 0.975. The Bertz CT molecular complexity index is 2810. The van der Waals surface area contributed by atoms with Gasteiger partial charge in [-0.25, -0.2) is 27.8 Å². The Morgan fingerprint density at radius 1 is 0.914 bits per heavy atom. The normalized spacial score (nSPS) is 28.3. The van der Waals surface area contributed by atoms with E-state index in [1.54, 1.807) is 36.4 Å². The van der Waals surface area contributed by atoms with E-state index >= 15 is 13.2 Å². The minimum absolute atomic E-state index is 0.0235. The number of piperidine rings is 1. The third-order valence-corrected chi connectivity index (χ3v) is 10.6. The Morgan fingerprint density at radius 2 is 1.66 bits per heavy atom. The van der Waals surface area contributed by atoms with Gasteiger partial charge in [-0.2, -0.15) is 5.10 Å². The van der Waals surface area contributed by atoms with Crippen molar-refractivity contribution in [3.63, 3.8) is 0 Å². The molecule has 3 aliphatic heterocycles. The van der Waals surface area contributed by atoms with Gasteiger partial charge in [-0.3, -0.25) is 34.3 Å². The number of alkyl halides is 1.